The summed E-state index contributed by atoms with van der Waals surface area (Å²) >= 11 is 0. The molecule has 0 atom stereocenters. The van der Waals surface area contributed by atoms with Gasteiger partial charge in [-0.2, -0.15) is 0 Å². The van der Waals surface area contributed by atoms with Crippen LogP contribution in [0.25, 0.3) is 100 Å². The highest BCUT2D eigenvalue weighted by Gasteiger charge is 2.26. The van der Waals surface area contributed by atoms with Crippen molar-refractivity contribution >= 4 is 21.5 Å². The van der Waals surface area contributed by atoms with E-state index in [0.717, 1.165) is 39.8 Å². The Morgan fingerprint density at radius 2 is 0.860 bits per heavy atom. The Balaban J connectivity index is 1.02. The fourth-order valence-corrected chi connectivity index (χ4v) is 8.56. The minimum absolute atomic E-state index is 0.642. The Labute approximate surface area is 331 Å². The predicted molar refractivity (Wildman–Crippen MR) is 236 cm³/mol. The third-order valence-corrected chi connectivity index (χ3v) is 11.4. The third kappa shape index (κ3) is 5.89. The number of rotatable bonds is 6. The Morgan fingerprint density at radius 1 is 0.298 bits per heavy atom. The van der Waals surface area contributed by atoms with Gasteiger partial charge in [0, 0.05) is 16.7 Å². The van der Waals surface area contributed by atoms with Gasteiger partial charge in [-0.1, -0.05) is 182 Å². The van der Waals surface area contributed by atoms with Crippen LogP contribution in [0.3, 0.4) is 0 Å². The predicted octanol–water partition coefficient (Wildman–Crippen LogP) is 13.8. The first-order valence-corrected chi connectivity index (χ1v) is 19.5. The van der Waals surface area contributed by atoms with Gasteiger partial charge in [0.05, 0.1) is 0 Å². The van der Waals surface area contributed by atoms with Gasteiger partial charge < -0.3 is 0 Å². The van der Waals surface area contributed by atoms with E-state index in [0.29, 0.717) is 17.5 Å². The van der Waals surface area contributed by atoms with Gasteiger partial charge >= 0.3 is 0 Å². The van der Waals surface area contributed by atoms with Crippen molar-refractivity contribution in [2.75, 3.05) is 0 Å². The summed E-state index contributed by atoms with van der Waals surface area (Å²) in [4.78, 5) is 15.1. The smallest absolute Gasteiger partial charge is 0.164 e. The van der Waals surface area contributed by atoms with Gasteiger partial charge in [-0.15, -0.1) is 0 Å². The lowest BCUT2D eigenvalue weighted by Gasteiger charge is -2.15. The monoisotopic (exact) mass is 725 g/mol. The second-order valence-electron chi connectivity index (χ2n) is 14.8. The molecule has 11 rings (SSSR count). The molecule has 3 heteroatoms. The maximum atomic E-state index is 5.09. The topological polar surface area (TPSA) is 38.7 Å². The van der Waals surface area contributed by atoms with E-state index in [1.807, 2.05) is 24.3 Å². The van der Waals surface area contributed by atoms with Crippen molar-refractivity contribution in [1.29, 1.82) is 0 Å². The minimum Gasteiger partial charge on any atom is -0.208 e. The molecular weight excluding hydrogens is 691 g/mol. The maximum absolute atomic E-state index is 5.09. The van der Waals surface area contributed by atoms with Crippen LogP contribution >= 0.6 is 0 Å². The quantitative estimate of drug-likeness (QED) is 0.171. The lowest BCUT2D eigenvalue weighted by molar-refractivity contribution is 1.07. The summed E-state index contributed by atoms with van der Waals surface area (Å²) in [6, 6.07) is 71.3. The van der Waals surface area contributed by atoms with Crippen molar-refractivity contribution < 1.29 is 0 Å². The van der Waals surface area contributed by atoms with Crippen LogP contribution in [-0.2, 0) is 6.42 Å². The van der Waals surface area contributed by atoms with Crippen molar-refractivity contribution in [2.24, 2.45) is 0 Å². The summed E-state index contributed by atoms with van der Waals surface area (Å²) in [5.74, 6) is 1.93. The van der Waals surface area contributed by atoms with E-state index in [9.17, 15) is 0 Å². The molecule has 0 aliphatic heterocycles. The van der Waals surface area contributed by atoms with Crippen molar-refractivity contribution in [2.45, 2.75) is 6.42 Å². The first-order chi connectivity index (χ1) is 28.2. The van der Waals surface area contributed by atoms with Crippen LogP contribution in [0.5, 0.6) is 0 Å². The standard InChI is InChI=1S/C54H35N3/c1-3-13-35(14-4-1)41-19-11-21-44(32-41)54-56-52(38-16-5-2-6-17-38)55-53(57-54)39-28-26-37(27-29-39)48-34-50-49(47-23-10-9-22-46(47)48)33-43-20-12-24-45(51(43)50)42-30-25-36-15-7-8-18-40(36)31-42/h1-32,34H,33H2. The normalized spacial score (nSPS) is 11.8. The average Bonchev–Trinajstić information content (AvgIpc) is 3.68. The molecule has 3 nitrogen and oxygen atoms in total. The van der Waals surface area contributed by atoms with Crippen molar-refractivity contribution in [1.82, 2.24) is 15.0 Å². The molecular formula is C54H35N3. The van der Waals surface area contributed by atoms with Gasteiger partial charge in [0.2, 0.25) is 0 Å². The molecule has 10 aromatic rings. The zero-order valence-electron chi connectivity index (χ0n) is 31.1. The average molecular weight is 726 g/mol. The summed E-state index contributed by atoms with van der Waals surface area (Å²) < 4.78 is 0. The van der Waals surface area contributed by atoms with Crippen molar-refractivity contribution in [3.05, 3.63) is 211 Å². The molecule has 0 unspecified atom stereocenters. The van der Waals surface area contributed by atoms with Crippen LogP contribution in [-0.4, -0.2) is 15.0 Å². The lowest BCUT2D eigenvalue weighted by Crippen LogP contribution is -2.00. The lowest BCUT2D eigenvalue weighted by atomic mass is 9.88. The highest BCUT2D eigenvalue weighted by atomic mass is 15.0. The van der Waals surface area contributed by atoms with E-state index in [-0.39, 0.29) is 0 Å². The summed E-state index contributed by atoms with van der Waals surface area (Å²) in [6.07, 6.45) is 0.922. The first kappa shape index (κ1) is 32.9. The molecule has 1 heterocycles. The van der Waals surface area contributed by atoms with Gasteiger partial charge in [0.15, 0.2) is 17.5 Å². The van der Waals surface area contributed by atoms with Crippen LogP contribution in [0.2, 0.25) is 0 Å². The van der Waals surface area contributed by atoms with E-state index >= 15 is 0 Å². The minimum atomic E-state index is 0.642. The Morgan fingerprint density at radius 3 is 1.63 bits per heavy atom. The molecule has 9 aromatic carbocycles. The number of aromatic nitrogens is 3. The molecule has 1 aromatic heterocycles. The second-order valence-corrected chi connectivity index (χ2v) is 14.8. The number of fused-ring (bicyclic) bond motifs is 6. The van der Waals surface area contributed by atoms with Crippen LogP contribution in [0.1, 0.15) is 11.1 Å². The van der Waals surface area contributed by atoms with E-state index in [4.69, 9.17) is 15.0 Å². The van der Waals surface area contributed by atoms with E-state index < -0.39 is 0 Å². The summed E-state index contributed by atoms with van der Waals surface area (Å²) in [5, 5.41) is 5.08. The van der Waals surface area contributed by atoms with Gasteiger partial charge in [-0.3, -0.25) is 0 Å². The zero-order valence-corrected chi connectivity index (χ0v) is 31.1. The summed E-state index contributed by atoms with van der Waals surface area (Å²) in [5.41, 5.74) is 15.4. The molecule has 0 spiro atoms. The molecule has 0 N–H and O–H groups in total. The fourth-order valence-electron chi connectivity index (χ4n) is 8.56. The number of benzene rings is 9. The molecule has 266 valence electrons. The second kappa shape index (κ2) is 13.7. The fraction of sp³-hybridized carbons (Fsp3) is 0.0185. The Hall–Kier alpha value is -7.49. The van der Waals surface area contributed by atoms with E-state index in [2.05, 4.69) is 176 Å². The summed E-state index contributed by atoms with van der Waals surface area (Å²) in [6.45, 7) is 0. The van der Waals surface area contributed by atoms with Crippen LogP contribution in [0.15, 0.2) is 200 Å². The van der Waals surface area contributed by atoms with Crippen LogP contribution in [0.4, 0.5) is 0 Å². The molecule has 1 aliphatic rings. The maximum Gasteiger partial charge on any atom is 0.164 e. The third-order valence-electron chi connectivity index (χ3n) is 11.4. The van der Waals surface area contributed by atoms with Gasteiger partial charge in [0.25, 0.3) is 0 Å². The summed E-state index contributed by atoms with van der Waals surface area (Å²) in [7, 11) is 0. The molecule has 0 bridgehead atoms. The van der Waals surface area contributed by atoms with E-state index in [1.54, 1.807) is 0 Å². The van der Waals surface area contributed by atoms with Crippen LogP contribution in [0, 0.1) is 0 Å². The molecule has 1 aliphatic carbocycles. The number of hydrogen-bond donors (Lipinski definition) is 0. The number of hydrogen-bond acceptors (Lipinski definition) is 3. The highest BCUT2D eigenvalue weighted by Crippen LogP contribution is 2.48. The molecule has 0 saturated heterocycles. The highest BCUT2D eigenvalue weighted by molar-refractivity contribution is 6.07. The number of nitrogens with zero attached hydrogens (tertiary/aromatic N) is 3. The Kier molecular flexibility index (Phi) is 7.89. The van der Waals surface area contributed by atoms with Gasteiger partial charge in [-0.05, 0) is 102 Å². The molecule has 0 saturated carbocycles. The van der Waals surface area contributed by atoms with Crippen LogP contribution < -0.4 is 0 Å². The molecule has 0 amide bonds. The zero-order chi connectivity index (χ0) is 37.7. The largest absolute Gasteiger partial charge is 0.208 e. The first-order valence-electron chi connectivity index (χ1n) is 19.5. The molecule has 0 radical (unpaired) electrons. The van der Waals surface area contributed by atoms with Gasteiger partial charge in [-0.25, -0.2) is 15.0 Å². The van der Waals surface area contributed by atoms with Gasteiger partial charge in [0.1, 0.15) is 0 Å². The Bertz CT molecular complexity index is 3130. The molecule has 57 heavy (non-hydrogen) atoms. The van der Waals surface area contributed by atoms with Crippen molar-refractivity contribution in [3.8, 4) is 78.7 Å². The SMILES string of the molecule is c1ccc(-c2cccc(-c3nc(-c4ccccc4)nc(-c4ccc(-c5cc6c(c7ccccc57)Cc5cccc(-c7ccc8ccccc8c7)c5-6)cc4)n3)c2)cc1. The van der Waals surface area contributed by atoms with Crippen molar-refractivity contribution in [3.63, 3.8) is 0 Å². The van der Waals surface area contributed by atoms with E-state index in [1.165, 1.54) is 60.5 Å². The molecule has 0 fully saturated rings.